The fraction of sp³-hybridized carbons (Fsp3) is 0.387. The number of benzene rings is 3. The Hall–Kier alpha value is -2.67. The van der Waals surface area contributed by atoms with E-state index in [9.17, 15) is 4.79 Å². The quantitative estimate of drug-likeness (QED) is 0.378. The average molecular weight is 425 g/mol. The summed E-state index contributed by atoms with van der Waals surface area (Å²) in [6.45, 7) is 8.63. The Morgan fingerprint density at radius 3 is 2.38 bits per heavy atom. The van der Waals surface area contributed by atoms with Crippen molar-refractivity contribution in [2.75, 3.05) is 0 Å². The highest BCUT2D eigenvalue weighted by molar-refractivity contribution is 5.79. The summed E-state index contributed by atoms with van der Waals surface area (Å²) in [7, 11) is 0. The molecule has 0 saturated carbocycles. The predicted octanol–water partition coefficient (Wildman–Crippen LogP) is 7.79. The largest absolute Gasteiger partial charge is 0.300 e. The number of ketones is 1. The van der Waals surface area contributed by atoms with Gasteiger partial charge in [-0.25, -0.2) is 0 Å². The minimum atomic E-state index is 0.392. The zero-order valence-electron chi connectivity index (χ0n) is 20.1. The summed E-state index contributed by atoms with van der Waals surface area (Å²) < 4.78 is 0. The zero-order valence-corrected chi connectivity index (χ0v) is 20.1. The molecule has 0 amide bonds. The van der Waals surface area contributed by atoms with Crippen molar-refractivity contribution in [2.24, 2.45) is 5.92 Å². The molecule has 3 aromatic carbocycles. The molecule has 0 saturated heterocycles. The molecule has 0 aliphatic heterocycles. The van der Waals surface area contributed by atoms with E-state index in [0.717, 1.165) is 19.3 Å². The predicted molar refractivity (Wildman–Crippen MR) is 135 cm³/mol. The summed E-state index contributed by atoms with van der Waals surface area (Å²) in [4.78, 5) is 12.1. The lowest BCUT2D eigenvalue weighted by Gasteiger charge is -2.31. The molecule has 0 fully saturated rings. The molecule has 0 spiro atoms. The molecule has 0 aromatic heterocycles. The molecule has 3 aromatic rings. The Morgan fingerprint density at radius 1 is 0.906 bits per heavy atom. The summed E-state index contributed by atoms with van der Waals surface area (Å²) in [6.07, 6.45) is 5.81. The highest BCUT2D eigenvalue weighted by atomic mass is 16.1. The van der Waals surface area contributed by atoms with Gasteiger partial charge in [-0.1, -0.05) is 80.1 Å². The van der Waals surface area contributed by atoms with Gasteiger partial charge in [0.05, 0.1) is 0 Å². The Kier molecular flexibility index (Phi) is 6.94. The number of hydrogen-bond donors (Lipinski definition) is 0. The number of rotatable bonds is 7. The normalized spacial score (nSPS) is 17.8. The van der Waals surface area contributed by atoms with Crippen molar-refractivity contribution in [2.45, 2.75) is 72.1 Å². The lowest BCUT2D eigenvalue weighted by Crippen LogP contribution is -2.21. The van der Waals surface area contributed by atoms with Gasteiger partial charge in [-0.15, -0.1) is 0 Å². The fourth-order valence-electron chi connectivity index (χ4n) is 5.17. The first-order valence-corrected chi connectivity index (χ1v) is 12.2. The van der Waals surface area contributed by atoms with Crippen LogP contribution >= 0.6 is 0 Å². The second-order valence-electron chi connectivity index (χ2n) is 9.77. The van der Waals surface area contributed by atoms with Crippen LogP contribution in [0.15, 0.2) is 60.7 Å². The fourth-order valence-corrected chi connectivity index (χ4v) is 5.17. The van der Waals surface area contributed by atoms with Gasteiger partial charge in [-0.2, -0.15) is 0 Å². The third-order valence-corrected chi connectivity index (χ3v) is 7.37. The van der Waals surface area contributed by atoms with E-state index in [2.05, 4.69) is 81.4 Å². The third-order valence-electron chi connectivity index (χ3n) is 7.37. The Morgan fingerprint density at radius 2 is 1.62 bits per heavy atom. The summed E-state index contributed by atoms with van der Waals surface area (Å²) in [5, 5.41) is 0. The van der Waals surface area contributed by atoms with Gasteiger partial charge in [0, 0.05) is 12.8 Å². The minimum Gasteiger partial charge on any atom is -0.300 e. The summed E-state index contributed by atoms with van der Waals surface area (Å²) in [6, 6.07) is 22.8. The van der Waals surface area contributed by atoms with Gasteiger partial charge in [0.25, 0.3) is 0 Å². The summed E-state index contributed by atoms with van der Waals surface area (Å²) in [5.41, 5.74) is 11.0. The summed E-state index contributed by atoms with van der Waals surface area (Å²) in [5.74, 6) is 1.39. The van der Waals surface area contributed by atoms with E-state index in [1.54, 1.807) is 0 Å². The lowest BCUT2D eigenvalue weighted by molar-refractivity contribution is -0.119. The number of aryl methyl sites for hydroxylation is 5. The third kappa shape index (κ3) is 5.04. The number of Topliss-reactive ketones (excluding diaryl/α,β-unsaturated/α-hetero) is 1. The molecule has 0 heterocycles. The standard InChI is InChI=1S/C31H36O/c1-5-28(32)20-31-23(4)8-14-27-19-25(13-17-29(27)31)10-9-24-11-15-26(16-12-24)30-18-21(2)6-7-22(30)3/h6-7,11-13,15-19,23,31H,5,8-10,14,20H2,1-4H3. The van der Waals surface area contributed by atoms with Crippen LogP contribution in [-0.2, 0) is 24.1 Å². The van der Waals surface area contributed by atoms with Crippen LogP contribution in [0.3, 0.4) is 0 Å². The Balaban J connectivity index is 1.44. The van der Waals surface area contributed by atoms with Crippen LogP contribution in [0.25, 0.3) is 11.1 Å². The SMILES string of the molecule is CCC(=O)CC1c2ccc(CCc3ccc(-c4cc(C)ccc4C)cc3)cc2CCC1C. The molecule has 1 aliphatic carbocycles. The van der Waals surface area contributed by atoms with Gasteiger partial charge >= 0.3 is 0 Å². The van der Waals surface area contributed by atoms with Crippen LogP contribution in [0.2, 0.25) is 0 Å². The van der Waals surface area contributed by atoms with Gasteiger partial charge < -0.3 is 0 Å². The van der Waals surface area contributed by atoms with E-state index in [0.29, 0.717) is 30.5 Å². The highest BCUT2D eigenvalue weighted by Gasteiger charge is 2.28. The van der Waals surface area contributed by atoms with Gasteiger partial charge in [0.2, 0.25) is 0 Å². The molecular weight excluding hydrogens is 388 g/mol. The van der Waals surface area contributed by atoms with Crippen molar-refractivity contribution in [3.8, 4) is 11.1 Å². The Bertz CT molecular complexity index is 1090. The number of hydrogen-bond acceptors (Lipinski definition) is 1. The van der Waals surface area contributed by atoms with Crippen molar-refractivity contribution >= 4 is 5.78 Å². The molecule has 0 bridgehead atoms. The first kappa shape index (κ1) is 22.5. The maximum atomic E-state index is 12.1. The molecule has 4 rings (SSSR count). The molecule has 1 nitrogen and oxygen atoms in total. The molecule has 1 heteroatoms. The second-order valence-corrected chi connectivity index (χ2v) is 9.77. The maximum Gasteiger partial charge on any atom is 0.133 e. The topological polar surface area (TPSA) is 17.1 Å². The van der Waals surface area contributed by atoms with E-state index in [-0.39, 0.29) is 0 Å². The second kappa shape index (κ2) is 9.86. The van der Waals surface area contributed by atoms with E-state index in [1.165, 1.54) is 50.9 Å². The minimum absolute atomic E-state index is 0.392. The molecule has 0 radical (unpaired) electrons. The van der Waals surface area contributed by atoms with Gasteiger partial charge in [0.15, 0.2) is 0 Å². The maximum absolute atomic E-state index is 12.1. The zero-order chi connectivity index (χ0) is 22.7. The molecule has 32 heavy (non-hydrogen) atoms. The van der Waals surface area contributed by atoms with Crippen molar-refractivity contribution in [1.82, 2.24) is 0 Å². The van der Waals surface area contributed by atoms with E-state index >= 15 is 0 Å². The van der Waals surface area contributed by atoms with Crippen LogP contribution < -0.4 is 0 Å². The van der Waals surface area contributed by atoms with Gasteiger partial charge in [0.1, 0.15) is 5.78 Å². The molecule has 1 aliphatic rings. The smallest absolute Gasteiger partial charge is 0.133 e. The number of carbonyl (C=O) groups excluding carboxylic acids is 1. The van der Waals surface area contributed by atoms with Crippen molar-refractivity contribution in [1.29, 1.82) is 0 Å². The van der Waals surface area contributed by atoms with Crippen LogP contribution in [0, 0.1) is 19.8 Å². The average Bonchev–Trinajstić information content (AvgIpc) is 2.81. The van der Waals surface area contributed by atoms with E-state index < -0.39 is 0 Å². The van der Waals surface area contributed by atoms with Crippen molar-refractivity contribution in [3.63, 3.8) is 0 Å². The highest BCUT2D eigenvalue weighted by Crippen LogP contribution is 2.39. The summed E-state index contributed by atoms with van der Waals surface area (Å²) >= 11 is 0. The number of carbonyl (C=O) groups is 1. The first-order chi connectivity index (χ1) is 15.4. The first-order valence-electron chi connectivity index (χ1n) is 12.2. The lowest BCUT2D eigenvalue weighted by atomic mass is 9.73. The van der Waals surface area contributed by atoms with Gasteiger partial charge in [-0.05, 0) is 90.3 Å². The van der Waals surface area contributed by atoms with Crippen molar-refractivity contribution < 1.29 is 4.79 Å². The molecule has 166 valence electrons. The van der Waals surface area contributed by atoms with Gasteiger partial charge in [-0.3, -0.25) is 4.79 Å². The molecule has 2 atom stereocenters. The molecular formula is C31H36O. The number of fused-ring (bicyclic) bond motifs is 1. The van der Waals surface area contributed by atoms with Crippen molar-refractivity contribution in [3.05, 3.63) is 94.0 Å². The van der Waals surface area contributed by atoms with Crippen LogP contribution in [0.1, 0.15) is 72.4 Å². The monoisotopic (exact) mass is 424 g/mol. The van der Waals surface area contributed by atoms with Crippen LogP contribution in [0.5, 0.6) is 0 Å². The van der Waals surface area contributed by atoms with Crippen LogP contribution in [0.4, 0.5) is 0 Å². The van der Waals surface area contributed by atoms with E-state index in [1.807, 2.05) is 6.92 Å². The molecule has 2 unspecified atom stereocenters. The molecule has 0 N–H and O–H groups in total. The van der Waals surface area contributed by atoms with Crippen LogP contribution in [-0.4, -0.2) is 5.78 Å². The van der Waals surface area contributed by atoms with E-state index in [4.69, 9.17) is 0 Å². The Labute approximate surface area is 193 Å².